The van der Waals surface area contributed by atoms with E-state index in [1.807, 2.05) is 0 Å². The molecule has 1 aromatic carbocycles. The Balaban J connectivity index is 1.58. The fraction of sp³-hybridized carbons (Fsp3) is 0.368. The van der Waals surface area contributed by atoms with Gasteiger partial charge in [0.2, 0.25) is 5.95 Å². The molecular weight excluding hydrogens is 657 g/mol. The van der Waals surface area contributed by atoms with Gasteiger partial charge in [0.05, 0.1) is 18.5 Å². The molecule has 3 unspecified atom stereocenters. The Hall–Kier alpha value is -3.48. The number of ether oxygens (including phenoxy) is 2. The van der Waals surface area contributed by atoms with Gasteiger partial charge in [0.25, 0.3) is 5.56 Å². The molecule has 0 aliphatic carbocycles. The van der Waals surface area contributed by atoms with Gasteiger partial charge in [-0.1, -0.05) is 23.3 Å². The molecule has 2 aromatic heterocycles. The number of nitrogens with zero attached hydrogens (tertiary/aromatic N) is 6. The maximum atomic E-state index is 13.2. The van der Waals surface area contributed by atoms with Crippen molar-refractivity contribution in [1.82, 2.24) is 19.5 Å². The highest BCUT2D eigenvalue weighted by atomic mass is 31.3. The number of phosphoric ester groups is 1. The van der Waals surface area contributed by atoms with E-state index in [1.54, 1.807) is 18.2 Å². The molecule has 1 aliphatic rings. The number of nitrogens with two attached hydrogens (primary N) is 1. The normalized spacial score (nSPS) is 21.3. The van der Waals surface area contributed by atoms with Gasteiger partial charge in [0.1, 0.15) is 18.4 Å². The lowest BCUT2D eigenvalue weighted by Gasteiger charge is -2.21. The van der Waals surface area contributed by atoms with Crippen molar-refractivity contribution >= 4 is 46.5 Å². The average Bonchev–Trinajstić information content (AvgIpc) is 3.50. The minimum atomic E-state index is -5.80. The van der Waals surface area contributed by atoms with Gasteiger partial charge >= 0.3 is 29.4 Å². The molecule has 0 bridgehead atoms. The van der Waals surface area contributed by atoms with Crippen LogP contribution in [0.1, 0.15) is 28.6 Å². The largest absolute Gasteiger partial charge is 0.490 e. The zero-order valence-electron chi connectivity index (χ0n) is 21.9. The van der Waals surface area contributed by atoms with Crippen molar-refractivity contribution in [2.24, 2.45) is 5.11 Å². The fourth-order valence-corrected chi connectivity index (χ4v) is 7.15. The highest BCUT2D eigenvalue weighted by Crippen LogP contribution is 2.66. The Morgan fingerprint density at radius 2 is 1.93 bits per heavy atom. The van der Waals surface area contributed by atoms with Crippen LogP contribution in [0.15, 0.2) is 40.5 Å². The molecule has 7 N–H and O–H groups in total. The molecule has 5 atom stereocenters. The molecule has 25 heteroatoms. The molecule has 0 saturated carbocycles. The third kappa shape index (κ3) is 8.58. The first-order valence-corrected chi connectivity index (χ1v) is 16.6. The van der Waals surface area contributed by atoms with E-state index in [0.29, 0.717) is 5.56 Å². The lowest BCUT2D eigenvalue weighted by molar-refractivity contribution is -0.0490. The fourth-order valence-electron chi connectivity index (χ4n) is 4.12. The van der Waals surface area contributed by atoms with E-state index in [2.05, 4.69) is 33.6 Å². The molecule has 1 saturated heterocycles. The van der Waals surface area contributed by atoms with Crippen molar-refractivity contribution in [3.8, 4) is 0 Å². The molecule has 3 aromatic rings. The summed E-state index contributed by atoms with van der Waals surface area (Å²) in [6.07, 6.45) is -2.51. The van der Waals surface area contributed by atoms with Crippen molar-refractivity contribution in [1.29, 1.82) is 0 Å². The molecule has 3 heterocycles. The molecule has 4 rings (SSSR count). The van der Waals surface area contributed by atoms with Crippen LogP contribution in [0.5, 0.6) is 0 Å². The molecular formula is C19H23N8O14P3. The van der Waals surface area contributed by atoms with E-state index in [4.69, 9.17) is 35.0 Å². The summed E-state index contributed by atoms with van der Waals surface area (Å²) in [7, 11) is -17.0. The van der Waals surface area contributed by atoms with Gasteiger partial charge in [-0.2, -0.15) is 13.6 Å². The highest BCUT2D eigenvalue weighted by Gasteiger charge is 2.44. The first-order chi connectivity index (χ1) is 20.6. The Morgan fingerprint density at radius 1 is 1.20 bits per heavy atom. The molecule has 238 valence electrons. The molecule has 22 nitrogen and oxygen atoms in total. The number of aromatic amines is 1. The van der Waals surface area contributed by atoms with Crippen molar-refractivity contribution in [2.45, 2.75) is 31.3 Å². The van der Waals surface area contributed by atoms with Crippen LogP contribution in [-0.4, -0.2) is 70.4 Å². The topological polar surface area (TPSA) is 334 Å². The third-order valence-corrected chi connectivity index (χ3v) is 9.60. The van der Waals surface area contributed by atoms with Gasteiger partial charge < -0.3 is 34.8 Å². The standard InChI is InChI=1S/C19H23N8O14P3/c20-19-24-16-15(17(28)25-19)22-9-27(16)14-7-12(39-18(29)11-4-2-1-3-10(11)5-6-23-26-21)13(38-14)8-37-43(33,34)41-44(35,36)40-42(30,31)32/h1-4,9,12-14H,5-8H2,(H,33,34)(H,35,36)(H2,30,31,32)(H3,20,24,25,28)/t12?,13-,14-/m1/s1. The molecule has 0 amide bonds. The van der Waals surface area contributed by atoms with Gasteiger partial charge in [-0.25, -0.2) is 23.5 Å². The number of nitrogens with one attached hydrogen (secondary N) is 1. The van der Waals surface area contributed by atoms with Gasteiger partial charge in [0.15, 0.2) is 11.2 Å². The number of benzene rings is 1. The number of imidazole rings is 1. The van der Waals surface area contributed by atoms with E-state index < -0.39 is 60.0 Å². The summed E-state index contributed by atoms with van der Waals surface area (Å²) in [5.74, 6) is -1.11. The van der Waals surface area contributed by atoms with Crippen LogP contribution >= 0.6 is 23.5 Å². The lowest BCUT2D eigenvalue weighted by atomic mass is 10.0. The van der Waals surface area contributed by atoms with Crippen molar-refractivity contribution in [2.75, 3.05) is 18.9 Å². The number of carbonyl (C=O) groups is 1. The Kier molecular flexibility index (Phi) is 10.1. The van der Waals surface area contributed by atoms with Gasteiger partial charge in [0, 0.05) is 17.9 Å². The maximum Gasteiger partial charge on any atom is 0.490 e. The Morgan fingerprint density at radius 3 is 2.64 bits per heavy atom. The first kappa shape index (κ1) is 33.4. The highest BCUT2D eigenvalue weighted by molar-refractivity contribution is 7.66. The average molecular weight is 680 g/mol. The van der Waals surface area contributed by atoms with Crippen LogP contribution in [0, 0.1) is 0 Å². The summed E-state index contributed by atoms with van der Waals surface area (Å²) >= 11 is 0. The SMILES string of the molecule is [N-]=[N+]=NCCc1ccccc1C(=O)OC1C[C@H](n2cnc3c(=O)[nH]c(N)nc32)O[C@@H]1COP(=O)(O)OP(=O)(O)OP(=O)(O)O. The number of phosphoric acid groups is 3. The molecule has 0 spiro atoms. The summed E-state index contributed by atoms with van der Waals surface area (Å²) in [6.45, 7) is -0.902. The van der Waals surface area contributed by atoms with E-state index >= 15 is 0 Å². The number of carbonyl (C=O) groups excluding carboxylic acids is 1. The minimum Gasteiger partial charge on any atom is -0.456 e. The van der Waals surface area contributed by atoms with Gasteiger partial charge in [-0.05, 0) is 23.6 Å². The summed E-state index contributed by atoms with van der Waals surface area (Å²) in [5, 5.41) is 3.44. The number of hydrogen-bond acceptors (Lipinski definition) is 14. The minimum absolute atomic E-state index is 0.0155. The Bertz CT molecular complexity index is 1800. The van der Waals surface area contributed by atoms with Crippen LogP contribution in [0.4, 0.5) is 5.95 Å². The van der Waals surface area contributed by atoms with Crippen molar-refractivity contribution in [3.05, 3.63) is 62.5 Å². The number of esters is 1. The van der Waals surface area contributed by atoms with Gasteiger partial charge in [-0.15, -0.1) is 0 Å². The third-order valence-electron chi connectivity index (χ3n) is 5.80. The molecule has 0 radical (unpaired) electrons. The second-order valence-corrected chi connectivity index (χ2v) is 13.3. The number of fused-ring (bicyclic) bond motifs is 1. The second-order valence-electron chi connectivity index (χ2n) is 8.83. The molecule has 1 aliphatic heterocycles. The summed E-state index contributed by atoms with van der Waals surface area (Å²) in [4.78, 5) is 75.1. The van der Waals surface area contributed by atoms with E-state index in [-0.39, 0.29) is 42.1 Å². The number of H-pyrrole nitrogens is 1. The van der Waals surface area contributed by atoms with Crippen molar-refractivity contribution < 1.29 is 60.7 Å². The van der Waals surface area contributed by atoms with Crippen LogP contribution in [0.2, 0.25) is 0 Å². The predicted molar refractivity (Wildman–Crippen MR) is 144 cm³/mol. The predicted octanol–water partition coefficient (Wildman–Crippen LogP) is 1.41. The zero-order chi connectivity index (χ0) is 32.3. The molecule has 44 heavy (non-hydrogen) atoms. The monoisotopic (exact) mass is 680 g/mol. The number of anilines is 1. The van der Waals surface area contributed by atoms with Crippen LogP contribution in [0.3, 0.4) is 0 Å². The lowest BCUT2D eigenvalue weighted by Crippen LogP contribution is -2.31. The number of nitrogen functional groups attached to an aromatic ring is 1. The molecule has 1 fully saturated rings. The summed E-state index contributed by atoms with van der Waals surface area (Å²) in [6, 6.07) is 6.26. The Labute approximate surface area is 244 Å². The van der Waals surface area contributed by atoms with Crippen molar-refractivity contribution in [3.63, 3.8) is 0 Å². The quantitative estimate of drug-likeness (QED) is 0.0488. The first-order valence-electron chi connectivity index (χ1n) is 12.0. The van der Waals surface area contributed by atoms with E-state index in [9.17, 15) is 33.1 Å². The summed E-state index contributed by atoms with van der Waals surface area (Å²) in [5.41, 5.74) is 14.0. The van der Waals surface area contributed by atoms with Crippen LogP contribution < -0.4 is 11.3 Å². The number of azide groups is 1. The van der Waals surface area contributed by atoms with Crippen LogP contribution in [0.25, 0.3) is 21.6 Å². The summed E-state index contributed by atoms with van der Waals surface area (Å²) < 4.78 is 59.8. The van der Waals surface area contributed by atoms with Gasteiger partial charge in [-0.3, -0.25) is 18.9 Å². The van der Waals surface area contributed by atoms with E-state index in [1.165, 1.54) is 17.0 Å². The second kappa shape index (κ2) is 13.3. The van der Waals surface area contributed by atoms with E-state index in [0.717, 1.165) is 0 Å². The number of rotatable bonds is 13. The van der Waals surface area contributed by atoms with Crippen LogP contribution in [-0.2, 0) is 42.7 Å². The maximum absolute atomic E-state index is 13.2. The number of hydrogen-bond donors (Lipinski definition) is 6. The zero-order valence-corrected chi connectivity index (χ0v) is 24.6. The number of aromatic nitrogens is 4. The smallest absolute Gasteiger partial charge is 0.456 e.